The van der Waals surface area contributed by atoms with Gasteiger partial charge in [0, 0.05) is 13.6 Å². The van der Waals surface area contributed by atoms with E-state index in [2.05, 4.69) is 24.3 Å². The van der Waals surface area contributed by atoms with Gasteiger partial charge in [-0.15, -0.1) is 0 Å². The van der Waals surface area contributed by atoms with Crippen LogP contribution in [0, 0.1) is 5.92 Å². The minimum atomic E-state index is -4.41. The highest BCUT2D eigenvalue weighted by molar-refractivity contribution is 5.50. The molecule has 0 radical (unpaired) electrons. The van der Waals surface area contributed by atoms with Crippen LogP contribution >= 0.6 is 0 Å². The summed E-state index contributed by atoms with van der Waals surface area (Å²) in [7, 11) is 1.71. The fourth-order valence-electron chi connectivity index (χ4n) is 1.52. The van der Waals surface area contributed by atoms with E-state index < -0.39 is 11.7 Å². The predicted octanol–water partition coefficient (Wildman–Crippen LogP) is 2.87. The van der Waals surface area contributed by atoms with Crippen LogP contribution in [0.2, 0.25) is 0 Å². The van der Waals surface area contributed by atoms with Crippen LogP contribution in [0.5, 0.6) is 0 Å². The first-order valence-electron chi connectivity index (χ1n) is 6.01. The zero-order valence-corrected chi connectivity index (χ0v) is 11.3. The summed E-state index contributed by atoms with van der Waals surface area (Å²) >= 11 is 0. The number of nitrogens with two attached hydrogens (primary N) is 1. The second-order valence-corrected chi connectivity index (χ2v) is 4.85. The molecule has 4 nitrogen and oxygen atoms in total. The fourth-order valence-corrected chi connectivity index (χ4v) is 1.52. The maximum atomic E-state index is 12.7. The zero-order chi connectivity index (χ0) is 14.6. The fraction of sp³-hybridized carbons (Fsp3) is 0.583. The monoisotopic (exact) mass is 276 g/mol. The van der Waals surface area contributed by atoms with Crippen molar-refractivity contribution in [2.24, 2.45) is 11.8 Å². The predicted molar refractivity (Wildman–Crippen MR) is 69.8 cm³/mol. The van der Waals surface area contributed by atoms with Gasteiger partial charge in [0.05, 0.1) is 5.56 Å². The van der Waals surface area contributed by atoms with E-state index in [1.54, 1.807) is 11.9 Å². The van der Waals surface area contributed by atoms with Crippen molar-refractivity contribution in [2.45, 2.75) is 26.4 Å². The van der Waals surface area contributed by atoms with Crippen LogP contribution in [0.15, 0.2) is 12.1 Å². The van der Waals surface area contributed by atoms with Crippen molar-refractivity contribution in [3.05, 3.63) is 17.7 Å². The van der Waals surface area contributed by atoms with Crippen molar-refractivity contribution in [1.29, 1.82) is 0 Å². The number of halogens is 3. The Hall–Kier alpha value is -1.50. The van der Waals surface area contributed by atoms with Crippen LogP contribution < -0.4 is 16.2 Å². The van der Waals surface area contributed by atoms with Gasteiger partial charge in [-0.25, -0.2) is 10.8 Å². The average molecular weight is 276 g/mol. The molecule has 0 aliphatic heterocycles. The second-order valence-electron chi connectivity index (χ2n) is 4.85. The lowest BCUT2D eigenvalue weighted by Crippen LogP contribution is -2.23. The van der Waals surface area contributed by atoms with Crippen LogP contribution in [-0.2, 0) is 6.18 Å². The third-order valence-electron chi connectivity index (χ3n) is 2.72. The summed E-state index contributed by atoms with van der Waals surface area (Å²) < 4.78 is 38.2. The molecular weight excluding hydrogens is 257 g/mol. The van der Waals surface area contributed by atoms with Crippen LogP contribution in [0.25, 0.3) is 0 Å². The van der Waals surface area contributed by atoms with E-state index in [4.69, 9.17) is 5.84 Å². The summed E-state index contributed by atoms with van der Waals surface area (Å²) in [6.07, 6.45) is -3.54. The minimum absolute atomic E-state index is 0.00113. The number of anilines is 2. The first-order valence-corrected chi connectivity index (χ1v) is 6.01. The Kier molecular flexibility index (Phi) is 4.99. The lowest BCUT2D eigenvalue weighted by atomic mass is 10.1. The van der Waals surface area contributed by atoms with Gasteiger partial charge < -0.3 is 10.3 Å². The third kappa shape index (κ3) is 4.59. The van der Waals surface area contributed by atoms with Crippen molar-refractivity contribution in [2.75, 3.05) is 23.9 Å². The summed E-state index contributed by atoms with van der Waals surface area (Å²) in [5, 5.41) is 0. The van der Waals surface area contributed by atoms with Crippen molar-refractivity contribution in [1.82, 2.24) is 4.98 Å². The van der Waals surface area contributed by atoms with Crippen molar-refractivity contribution in [3.8, 4) is 0 Å². The number of hydrazine groups is 1. The molecule has 0 fully saturated rings. The van der Waals surface area contributed by atoms with Gasteiger partial charge in [0.1, 0.15) is 11.6 Å². The molecule has 1 heterocycles. The van der Waals surface area contributed by atoms with Crippen molar-refractivity contribution in [3.63, 3.8) is 0 Å². The van der Waals surface area contributed by atoms with Gasteiger partial charge in [-0.05, 0) is 24.5 Å². The Morgan fingerprint density at radius 1 is 1.37 bits per heavy atom. The molecule has 0 amide bonds. The largest absolute Gasteiger partial charge is 0.416 e. The normalized spacial score (nSPS) is 11.8. The molecule has 0 aliphatic carbocycles. The second kappa shape index (κ2) is 6.10. The Labute approximate surface area is 110 Å². The van der Waals surface area contributed by atoms with Crippen LogP contribution in [0.1, 0.15) is 25.8 Å². The van der Waals surface area contributed by atoms with E-state index in [1.807, 2.05) is 0 Å². The quantitative estimate of drug-likeness (QED) is 0.641. The summed E-state index contributed by atoms with van der Waals surface area (Å²) in [5.74, 6) is 5.88. The first-order chi connectivity index (χ1) is 8.74. The Bertz CT molecular complexity index is 418. The highest BCUT2D eigenvalue weighted by Crippen LogP contribution is 2.32. The van der Waals surface area contributed by atoms with Gasteiger partial charge in [-0.3, -0.25) is 0 Å². The van der Waals surface area contributed by atoms with E-state index in [0.29, 0.717) is 12.5 Å². The number of nitrogens with zero attached hydrogens (tertiary/aromatic N) is 2. The molecule has 19 heavy (non-hydrogen) atoms. The first kappa shape index (κ1) is 15.6. The Balaban J connectivity index is 2.99. The lowest BCUT2D eigenvalue weighted by molar-refractivity contribution is -0.137. The van der Waals surface area contributed by atoms with Crippen LogP contribution in [0.3, 0.4) is 0 Å². The topological polar surface area (TPSA) is 54.2 Å². The van der Waals surface area contributed by atoms with Crippen molar-refractivity contribution < 1.29 is 13.2 Å². The lowest BCUT2D eigenvalue weighted by Gasteiger charge is -2.21. The number of aromatic nitrogens is 1. The van der Waals surface area contributed by atoms with E-state index in [0.717, 1.165) is 18.6 Å². The molecule has 0 aromatic carbocycles. The number of pyridine rings is 1. The maximum absolute atomic E-state index is 12.7. The molecule has 0 spiro atoms. The molecular formula is C12H19F3N4. The molecule has 0 saturated carbocycles. The molecule has 1 aromatic rings. The molecule has 0 saturated heterocycles. The summed E-state index contributed by atoms with van der Waals surface area (Å²) in [4.78, 5) is 5.72. The molecule has 0 unspecified atom stereocenters. The molecule has 1 rings (SSSR count). The highest BCUT2D eigenvalue weighted by Gasteiger charge is 2.32. The number of nitrogen functional groups attached to an aromatic ring is 1. The Morgan fingerprint density at radius 3 is 2.47 bits per heavy atom. The minimum Gasteiger partial charge on any atom is -0.360 e. The standard InChI is InChI=1S/C12H19F3N4/c1-8(2)4-5-19(3)11-7-9(12(13,14)15)6-10(17-11)18-16/h6-8H,4-5,16H2,1-3H3,(H,17,18). The van der Waals surface area contributed by atoms with Crippen LogP contribution in [0.4, 0.5) is 24.8 Å². The Morgan fingerprint density at radius 2 is 2.00 bits per heavy atom. The number of nitrogens with one attached hydrogen (secondary N) is 1. The number of hydrogen-bond donors (Lipinski definition) is 2. The van der Waals surface area contributed by atoms with Gasteiger partial charge in [0.25, 0.3) is 0 Å². The van der Waals surface area contributed by atoms with E-state index in [-0.39, 0.29) is 11.6 Å². The number of rotatable bonds is 5. The van der Waals surface area contributed by atoms with Gasteiger partial charge in [-0.1, -0.05) is 13.8 Å². The summed E-state index contributed by atoms with van der Waals surface area (Å²) in [5.41, 5.74) is 1.40. The van der Waals surface area contributed by atoms with Gasteiger partial charge in [-0.2, -0.15) is 13.2 Å². The number of alkyl halides is 3. The molecule has 108 valence electrons. The zero-order valence-electron chi connectivity index (χ0n) is 11.3. The molecule has 3 N–H and O–H groups in total. The van der Waals surface area contributed by atoms with E-state index in [9.17, 15) is 13.2 Å². The van der Waals surface area contributed by atoms with Crippen molar-refractivity contribution >= 4 is 11.6 Å². The molecule has 0 aliphatic rings. The third-order valence-corrected chi connectivity index (χ3v) is 2.72. The average Bonchev–Trinajstić information content (AvgIpc) is 2.34. The smallest absolute Gasteiger partial charge is 0.360 e. The van der Waals surface area contributed by atoms with E-state index >= 15 is 0 Å². The summed E-state index contributed by atoms with van der Waals surface area (Å²) in [6, 6.07) is 1.92. The molecule has 0 bridgehead atoms. The number of hydrogen-bond acceptors (Lipinski definition) is 4. The van der Waals surface area contributed by atoms with Gasteiger partial charge >= 0.3 is 6.18 Å². The van der Waals surface area contributed by atoms with Gasteiger partial charge in [0.15, 0.2) is 0 Å². The van der Waals surface area contributed by atoms with Crippen LogP contribution in [-0.4, -0.2) is 18.6 Å². The summed E-state index contributed by atoms with van der Waals surface area (Å²) in [6.45, 7) is 4.75. The molecule has 7 heteroatoms. The molecule has 1 aromatic heterocycles. The molecule has 0 atom stereocenters. The van der Waals surface area contributed by atoms with Gasteiger partial charge in [0.2, 0.25) is 0 Å². The maximum Gasteiger partial charge on any atom is 0.416 e. The highest BCUT2D eigenvalue weighted by atomic mass is 19.4. The van der Waals surface area contributed by atoms with E-state index in [1.165, 1.54) is 0 Å². The SMILES string of the molecule is CC(C)CCN(C)c1cc(C(F)(F)F)cc(NN)n1.